The van der Waals surface area contributed by atoms with Gasteiger partial charge in [0.25, 0.3) is 5.91 Å². The Bertz CT molecular complexity index is 406. The highest BCUT2D eigenvalue weighted by Crippen LogP contribution is 2.37. The van der Waals surface area contributed by atoms with Crippen molar-refractivity contribution in [2.45, 2.75) is 12.5 Å². The quantitative estimate of drug-likeness (QED) is 0.679. The number of nitrogens with zero attached hydrogens (tertiary/aromatic N) is 1. The first kappa shape index (κ1) is 8.92. The highest BCUT2D eigenvalue weighted by atomic mass is 16.3. The summed E-state index contributed by atoms with van der Waals surface area (Å²) in [6, 6.07) is 0.234. The Morgan fingerprint density at radius 2 is 2.40 bits per heavy atom. The molecule has 2 aliphatic heterocycles. The van der Waals surface area contributed by atoms with Crippen molar-refractivity contribution in [3.63, 3.8) is 0 Å². The second kappa shape index (κ2) is 3.07. The molecule has 0 aromatic carbocycles. The Morgan fingerprint density at radius 1 is 1.53 bits per heavy atom. The number of allylic oxidation sites excluding steroid dienone is 2. The van der Waals surface area contributed by atoms with Crippen molar-refractivity contribution in [2.24, 2.45) is 5.92 Å². The van der Waals surface area contributed by atoms with Crippen molar-refractivity contribution in [1.82, 2.24) is 4.90 Å². The SMILES string of the molecule is O=C1C(CO)=CC2=CC=CC3CCN1C23. The summed E-state index contributed by atoms with van der Waals surface area (Å²) in [7, 11) is 0. The van der Waals surface area contributed by atoms with Gasteiger partial charge in [-0.1, -0.05) is 18.2 Å². The average Bonchev–Trinajstić information content (AvgIpc) is 2.69. The smallest absolute Gasteiger partial charge is 0.252 e. The van der Waals surface area contributed by atoms with E-state index in [1.807, 2.05) is 17.1 Å². The van der Waals surface area contributed by atoms with Crippen LogP contribution < -0.4 is 0 Å². The number of amides is 1. The first-order chi connectivity index (χ1) is 7.31. The molecule has 2 atom stereocenters. The second-order valence-electron chi connectivity index (χ2n) is 4.28. The van der Waals surface area contributed by atoms with Crippen LogP contribution in [0.15, 0.2) is 35.5 Å². The minimum absolute atomic E-state index is 0.0115. The largest absolute Gasteiger partial charge is 0.391 e. The highest BCUT2D eigenvalue weighted by Gasteiger charge is 2.41. The summed E-state index contributed by atoms with van der Waals surface area (Å²) >= 11 is 0. The molecule has 0 spiro atoms. The van der Waals surface area contributed by atoms with Crippen LogP contribution in [0.3, 0.4) is 0 Å². The number of hydrogen-bond donors (Lipinski definition) is 1. The lowest BCUT2D eigenvalue weighted by molar-refractivity contribution is -0.128. The summed E-state index contributed by atoms with van der Waals surface area (Å²) in [6.45, 7) is 0.654. The van der Waals surface area contributed by atoms with Gasteiger partial charge >= 0.3 is 0 Å². The minimum atomic E-state index is -0.159. The van der Waals surface area contributed by atoms with Gasteiger partial charge in [-0.3, -0.25) is 4.79 Å². The molecular weight excluding hydrogens is 190 g/mol. The number of carbonyl (C=O) groups excluding carboxylic acids is 1. The number of carbonyl (C=O) groups is 1. The van der Waals surface area contributed by atoms with E-state index >= 15 is 0 Å². The lowest BCUT2D eigenvalue weighted by Crippen LogP contribution is -2.43. The molecule has 0 aromatic heterocycles. The fraction of sp³-hybridized carbons (Fsp3) is 0.417. The monoisotopic (exact) mass is 203 g/mol. The van der Waals surface area contributed by atoms with Crippen molar-refractivity contribution >= 4 is 5.91 Å². The van der Waals surface area contributed by atoms with Crippen molar-refractivity contribution in [2.75, 3.05) is 13.2 Å². The van der Waals surface area contributed by atoms with Gasteiger partial charge in [0.2, 0.25) is 0 Å². The lowest BCUT2D eigenvalue weighted by atomic mass is 9.86. The van der Waals surface area contributed by atoms with Crippen LogP contribution in [0.4, 0.5) is 0 Å². The number of rotatable bonds is 1. The van der Waals surface area contributed by atoms with E-state index in [-0.39, 0.29) is 18.6 Å². The van der Waals surface area contributed by atoms with Gasteiger partial charge in [0, 0.05) is 18.0 Å². The summed E-state index contributed by atoms with van der Waals surface area (Å²) < 4.78 is 0. The molecule has 15 heavy (non-hydrogen) atoms. The third-order valence-electron chi connectivity index (χ3n) is 3.48. The van der Waals surface area contributed by atoms with Crippen LogP contribution in [-0.2, 0) is 4.79 Å². The predicted molar refractivity (Wildman–Crippen MR) is 56.0 cm³/mol. The van der Waals surface area contributed by atoms with Crippen molar-refractivity contribution in [3.05, 3.63) is 35.5 Å². The molecule has 2 heterocycles. The van der Waals surface area contributed by atoms with Crippen LogP contribution in [0.1, 0.15) is 6.42 Å². The van der Waals surface area contributed by atoms with Gasteiger partial charge < -0.3 is 10.0 Å². The zero-order valence-corrected chi connectivity index (χ0v) is 8.39. The summed E-state index contributed by atoms with van der Waals surface area (Å²) in [4.78, 5) is 13.8. The van der Waals surface area contributed by atoms with Crippen LogP contribution in [-0.4, -0.2) is 35.1 Å². The summed E-state index contributed by atoms with van der Waals surface area (Å²) in [5, 5.41) is 9.12. The predicted octanol–water partition coefficient (Wildman–Crippen LogP) is 0.632. The maximum atomic E-state index is 11.9. The van der Waals surface area contributed by atoms with Crippen LogP contribution in [0.25, 0.3) is 0 Å². The molecular formula is C12H13NO2. The normalized spacial score (nSPS) is 32.6. The fourth-order valence-corrected chi connectivity index (χ4v) is 2.77. The molecule has 1 saturated heterocycles. The van der Waals surface area contributed by atoms with Crippen LogP contribution in [0.2, 0.25) is 0 Å². The molecule has 1 aliphatic carbocycles. The average molecular weight is 203 g/mol. The van der Waals surface area contributed by atoms with Gasteiger partial charge in [-0.15, -0.1) is 0 Å². The van der Waals surface area contributed by atoms with Gasteiger partial charge in [-0.05, 0) is 18.1 Å². The molecule has 1 amide bonds. The molecule has 0 bridgehead atoms. The Labute approximate surface area is 88.4 Å². The molecule has 3 heteroatoms. The van der Waals surface area contributed by atoms with Crippen LogP contribution in [0.5, 0.6) is 0 Å². The minimum Gasteiger partial charge on any atom is -0.391 e. The number of aliphatic hydroxyl groups is 1. The van der Waals surface area contributed by atoms with Gasteiger partial charge in [-0.25, -0.2) is 0 Å². The Balaban J connectivity index is 2.09. The Morgan fingerprint density at radius 3 is 3.20 bits per heavy atom. The molecule has 1 N–H and O–H groups in total. The summed E-state index contributed by atoms with van der Waals surface area (Å²) in [5.74, 6) is 0.489. The molecule has 1 fully saturated rings. The van der Waals surface area contributed by atoms with E-state index < -0.39 is 0 Å². The highest BCUT2D eigenvalue weighted by molar-refractivity contribution is 5.96. The van der Waals surface area contributed by atoms with Gasteiger partial charge in [0.1, 0.15) is 0 Å². The molecule has 3 nitrogen and oxygen atoms in total. The molecule has 3 aliphatic rings. The van der Waals surface area contributed by atoms with E-state index in [1.165, 1.54) is 5.57 Å². The first-order valence-corrected chi connectivity index (χ1v) is 5.32. The molecule has 0 radical (unpaired) electrons. The zero-order chi connectivity index (χ0) is 10.4. The van der Waals surface area contributed by atoms with Crippen LogP contribution >= 0.6 is 0 Å². The van der Waals surface area contributed by atoms with Gasteiger partial charge in [-0.2, -0.15) is 0 Å². The third kappa shape index (κ3) is 1.13. The molecule has 3 rings (SSSR count). The Hall–Kier alpha value is -1.35. The van der Waals surface area contributed by atoms with E-state index in [2.05, 4.69) is 12.2 Å². The second-order valence-corrected chi connectivity index (χ2v) is 4.28. The number of aliphatic hydroxyl groups excluding tert-OH is 1. The van der Waals surface area contributed by atoms with E-state index in [0.717, 1.165) is 13.0 Å². The molecule has 0 aromatic rings. The van der Waals surface area contributed by atoms with E-state index in [4.69, 9.17) is 5.11 Å². The third-order valence-corrected chi connectivity index (χ3v) is 3.48. The van der Waals surface area contributed by atoms with Crippen molar-refractivity contribution in [3.8, 4) is 0 Å². The fourth-order valence-electron chi connectivity index (χ4n) is 2.77. The zero-order valence-electron chi connectivity index (χ0n) is 8.39. The topological polar surface area (TPSA) is 40.5 Å². The Kier molecular flexibility index (Phi) is 1.83. The van der Waals surface area contributed by atoms with E-state index in [0.29, 0.717) is 11.5 Å². The maximum absolute atomic E-state index is 11.9. The molecule has 0 saturated carbocycles. The van der Waals surface area contributed by atoms with Crippen LogP contribution in [0, 0.1) is 5.92 Å². The van der Waals surface area contributed by atoms with E-state index in [1.54, 1.807) is 0 Å². The summed E-state index contributed by atoms with van der Waals surface area (Å²) in [5.41, 5.74) is 1.69. The molecule has 2 unspecified atom stereocenters. The maximum Gasteiger partial charge on any atom is 0.252 e. The first-order valence-electron chi connectivity index (χ1n) is 5.32. The molecule has 78 valence electrons. The van der Waals surface area contributed by atoms with Gasteiger partial charge in [0.05, 0.1) is 12.6 Å². The van der Waals surface area contributed by atoms with Crippen molar-refractivity contribution < 1.29 is 9.90 Å². The van der Waals surface area contributed by atoms with Crippen molar-refractivity contribution in [1.29, 1.82) is 0 Å². The van der Waals surface area contributed by atoms with Gasteiger partial charge in [0.15, 0.2) is 0 Å². The van der Waals surface area contributed by atoms with E-state index in [9.17, 15) is 4.79 Å². The standard InChI is InChI=1S/C12H13NO2/c14-7-10-6-9-3-1-2-8-4-5-13(11(8)9)12(10)15/h1-3,6,8,11,14H,4-5,7H2. The summed E-state index contributed by atoms with van der Waals surface area (Å²) in [6.07, 6.45) is 9.17. The lowest BCUT2D eigenvalue weighted by Gasteiger charge is -2.34. The number of hydrogen-bond acceptors (Lipinski definition) is 2.